The van der Waals surface area contributed by atoms with E-state index in [0.717, 1.165) is 5.56 Å². The second-order valence-electron chi connectivity index (χ2n) is 5.42. The fraction of sp³-hybridized carbons (Fsp3) is 0.167. The van der Waals surface area contributed by atoms with Crippen molar-refractivity contribution < 1.29 is 14.3 Å². The highest BCUT2D eigenvalue weighted by Gasteiger charge is 2.11. The average Bonchev–Trinajstić information content (AvgIpc) is 2.60. The van der Waals surface area contributed by atoms with Gasteiger partial charge in [-0.25, -0.2) is 9.78 Å². The Morgan fingerprint density at radius 2 is 2.04 bits per heavy atom. The summed E-state index contributed by atoms with van der Waals surface area (Å²) in [7, 11) is 1.54. The van der Waals surface area contributed by atoms with Crippen LogP contribution in [-0.4, -0.2) is 22.5 Å². The number of carbonyl (C=O) groups is 1. The Labute approximate surface area is 148 Å². The number of rotatable bonds is 4. The van der Waals surface area contributed by atoms with E-state index in [2.05, 4.69) is 4.98 Å². The van der Waals surface area contributed by atoms with E-state index < -0.39 is 5.97 Å². The summed E-state index contributed by atoms with van der Waals surface area (Å²) in [4.78, 5) is 28.6. The van der Waals surface area contributed by atoms with Crippen LogP contribution in [0.2, 0.25) is 5.02 Å². The number of pyridine rings is 1. The number of fused-ring (bicyclic) bond motifs is 1. The van der Waals surface area contributed by atoms with Crippen LogP contribution in [0.25, 0.3) is 5.65 Å². The molecule has 25 heavy (non-hydrogen) atoms. The van der Waals surface area contributed by atoms with E-state index >= 15 is 0 Å². The Morgan fingerprint density at radius 1 is 1.24 bits per heavy atom. The van der Waals surface area contributed by atoms with Gasteiger partial charge in [0.2, 0.25) is 0 Å². The standard InChI is InChI=1S/C18H15ClN2O4/c1-11-3-4-12(7-15(11)24-2)18(23)25-10-14-8-17(22)21-9-13(19)5-6-16(21)20-14/h3-9H,10H2,1-2H3. The minimum atomic E-state index is -0.517. The second kappa shape index (κ2) is 6.94. The molecule has 0 N–H and O–H groups in total. The average molecular weight is 359 g/mol. The first-order valence-electron chi connectivity index (χ1n) is 7.47. The molecule has 2 aromatic heterocycles. The molecule has 0 saturated carbocycles. The third-order valence-electron chi connectivity index (χ3n) is 3.67. The number of methoxy groups -OCH3 is 1. The van der Waals surface area contributed by atoms with Crippen LogP contribution >= 0.6 is 11.6 Å². The van der Waals surface area contributed by atoms with Gasteiger partial charge in [0.15, 0.2) is 0 Å². The fourth-order valence-electron chi connectivity index (χ4n) is 2.37. The summed E-state index contributed by atoms with van der Waals surface area (Å²) in [6.07, 6.45) is 1.49. The third-order valence-corrected chi connectivity index (χ3v) is 3.90. The summed E-state index contributed by atoms with van der Waals surface area (Å²) in [5.74, 6) is 0.0878. The van der Waals surface area contributed by atoms with Gasteiger partial charge in [-0.15, -0.1) is 0 Å². The molecule has 0 fully saturated rings. The molecule has 0 aliphatic heterocycles. The highest BCUT2D eigenvalue weighted by Crippen LogP contribution is 2.19. The number of hydrogen-bond donors (Lipinski definition) is 0. The van der Waals surface area contributed by atoms with Crippen molar-refractivity contribution in [3.63, 3.8) is 0 Å². The van der Waals surface area contributed by atoms with Crippen LogP contribution < -0.4 is 10.3 Å². The van der Waals surface area contributed by atoms with Gasteiger partial charge < -0.3 is 9.47 Å². The molecular weight excluding hydrogens is 344 g/mol. The molecule has 2 heterocycles. The minimum absolute atomic E-state index is 0.108. The molecule has 7 heteroatoms. The molecule has 0 spiro atoms. The van der Waals surface area contributed by atoms with Gasteiger partial charge in [-0.1, -0.05) is 17.7 Å². The van der Waals surface area contributed by atoms with Gasteiger partial charge in [0.05, 0.1) is 23.4 Å². The van der Waals surface area contributed by atoms with Crippen LogP contribution in [0.3, 0.4) is 0 Å². The van der Waals surface area contributed by atoms with Crippen LogP contribution in [0.15, 0.2) is 47.4 Å². The van der Waals surface area contributed by atoms with Gasteiger partial charge >= 0.3 is 5.97 Å². The highest BCUT2D eigenvalue weighted by atomic mass is 35.5. The summed E-state index contributed by atoms with van der Waals surface area (Å²) in [5.41, 5.74) is 1.78. The zero-order valence-corrected chi connectivity index (χ0v) is 14.4. The number of benzene rings is 1. The number of aromatic nitrogens is 2. The van der Waals surface area contributed by atoms with E-state index in [-0.39, 0.29) is 12.2 Å². The van der Waals surface area contributed by atoms with Crippen molar-refractivity contribution >= 4 is 23.2 Å². The maximum absolute atomic E-state index is 12.2. The first-order chi connectivity index (χ1) is 12.0. The number of nitrogens with zero attached hydrogens (tertiary/aromatic N) is 2. The Hall–Kier alpha value is -2.86. The quantitative estimate of drug-likeness (QED) is 0.670. The molecule has 3 aromatic rings. The summed E-state index contributed by atoms with van der Waals surface area (Å²) in [5, 5.41) is 0.434. The summed E-state index contributed by atoms with van der Waals surface area (Å²) in [6.45, 7) is 1.77. The zero-order valence-electron chi connectivity index (χ0n) is 13.7. The lowest BCUT2D eigenvalue weighted by Gasteiger charge is -2.08. The van der Waals surface area contributed by atoms with Gasteiger partial charge in [-0.2, -0.15) is 0 Å². The van der Waals surface area contributed by atoms with Crippen molar-refractivity contribution in [3.8, 4) is 5.75 Å². The van der Waals surface area contributed by atoms with Crippen molar-refractivity contribution in [2.45, 2.75) is 13.5 Å². The SMILES string of the molecule is COc1cc(C(=O)OCc2cc(=O)n3cc(Cl)ccc3n2)ccc1C. The number of ether oxygens (including phenoxy) is 2. The number of halogens is 1. The molecular formula is C18H15ClN2O4. The highest BCUT2D eigenvalue weighted by molar-refractivity contribution is 6.30. The van der Waals surface area contributed by atoms with Crippen LogP contribution in [0.4, 0.5) is 0 Å². The topological polar surface area (TPSA) is 69.9 Å². The van der Waals surface area contributed by atoms with Crippen LogP contribution in [0, 0.1) is 6.92 Å². The summed E-state index contributed by atoms with van der Waals surface area (Å²) in [6, 6.07) is 9.62. The van der Waals surface area contributed by atoms with Crippen LogP contribution in [0.1, 0.15) is 21.6 Å². The van der Waals surface area contributed by atoms with E-state index in [9.17, 15) is 9.59 Å². The molecule has 0 aliphatic rings. The number of hydrogen-bond acceptors (Lipinski definition) is 5. The predicted molar refractivity (Wildman–Crippen MR) is 93.3 cm³/mol. The van der Waals surface area contributed by atoms with E-state index in [1.165, 1.54) is 23.8 Å². The summed E-state index contributed by atoms with van der Waals surface area (Å²) >= 11 is 5.87. The van der Waals surface area contributed by atoms with Crippen LogP contribution in [0.5, 0.6) is 5.75 Å². The van der Waals surface area contributed by atoms with Crippen molar-refractivity contribution in [1.82, 2.24) is 9.38 Å². The lowest BCUT2D eigenvalue weighted by atomic mass is 10.1. The maximum atomic E-state index is 12.2. The molecule has 0 unspecified atom stereocenters. The van der Waals surface area contributed by atoms with Gasteiger partial charge in [0, 0.05) is 12.3 Å². The second-order valence-corrected chi connectivity index (χ2v) is 5.86. The first-order valence-corrected chi connectivity index (χ1v) is 7.85. The largest absolute Gasteiger partial charge is 0.496 e. The zero-order chi connectivity index (χ0) is 18.0. The molecule has 128 valence electrons. The molecule has 0 radical (unpaired) electrons. The van der Waals surface area contributed by atoms with E-state index in [1.807, 2.05) is 6.92 Å². The Morgan fingerprint density at radius 3 is 2.80 bits per heavy atom. The molecule has 0 aliphatic carbocycles. The molecule has 3 rings (SSSR count). The molecule has 1 aromatic carbocycles. The number of carbonyl (C=O) groups excluding carboxylic acids is 1. The predicted octanol–water partition coefficient (Wildman–Crippen LogP) is 3.02. The van der Waals surface area contributed by atoms with Gasteiger partial charge in [0.1, 0.15) is 18.0 Å². The Balaban J connectivity index is 1.79. The Bertz CT molecular complexity index is 1010. The van der Waals surface area contributed by atoms with Gasteiger partial charge in [-0.05, 0) is 36.8 Å². The monoisotopic (exact) mass is 358 g/mol. The van der Waals surface area contributed by atoms with Gasteiger partial charge in [0.25, 0.3) is 5.56 Å². The number of esters is 1. The normalized spacial score (nSPS) is 10.7. The molecule has 6 nitrogen and oxygen atoms in total. The van der Waals surface area contributed by atoms with E-state index in [1.54, 1.807) is 30.3 Å². The fourth-order valence-corrected chi connectivity index (χ4v) is 2.53. The third kappa shape index (κ3) is 3.64. The molecule has 0 atom stereocenters. The molecule has 0 saturated heterocycles. The number of aryl methyl sites for hydroxylation is 1. The van der Waals surface area contributed by atoms with Crippen molar-refractivity contribution in [2.75, 3.05) is 7.11 Å². The lowest BCUT2D eigenvalue weighted by molar-refractivity contribution is 0.0467. The van der Waals surface area contributed by atoms with Crippen molar-refractivity contribution in [2.24, 2.45) is 0 Å². The molecule has 0 bridgehead atoms. The smallest absolute Gasteiger partial charge is 0.338 e. The Kier molecular flexibility index (Phi) is 4.72. The minimum Gasteiger partial charge on any atom is -0.496 e. The first kappa shape index (κ1) is 17.0. The molecule has 0 amide bonds. The van der Waals surface area contributed by atoms with Crippen molar-refractivity contribution in [1.29, 1.82) is 0 Å². The van der Waals surface area contributed by atoms with Crippen molar-refractivity contribution in [3.05, 3.63) is 74.8 Å². The summed E-state index contributed by atoms with van der Waals surface area (Å²) < 4.78 is 11.8. The van der Waals surface area contributed by atoms with Gasteiger partial charge in [-0.3, -0.25) is 9.20 Å². The van der Waals surface area contributed by atoms with E-state index in [0.29, 0.717) is 27.7 Å². The van der Waals surface area contributed by atoms with Crippen LogP contribution in [-0.2, 0) is 11.3 Å². The lowest BCUT2D eigenvalue weighted by Crippen LogP contribution is -2.16. The maximum Gasteiger partial charge on any atom is 0.338 e. The van der Waals surface area contributed by atoms with E-state index in [4.69, 9.17) is 21.1 Å².